The number of nitrogens with one attached hydrogen (secondary N) is 1. The van der Waals surface area contributed by atoms with Crippen LogP contribution in [0.4, 0.5) is 0 Å². The minimum absolute atomic E-state index is 0.0611. The van der Waals surface area contributed by atoms with Crippen molar-refractivity contribution in [2.45, 2.75) is 44.8 Å². The summed E-state index contributed by atoms with van der Waals surface area (Å²) in [6.07, 6.45) is 3.33. The van der Waals surface area contributed by atoms with E-state index in [9.17, 15) is 0 Å². The molecule has 2 fully saturated rings. The predicted molar refractivity (Wildman–Crippen MR) is 81.9 cm³/mol. The highest BCUT2D eigenvalue weighted by molar-refractivity contribution is 7.09. The van der Waals surface area contributed by atoms with Gasteiger partial charge in [-0.1, -0.05) is 20.8 Å². The van der Waals surface area contributed by atoms with Crippen molar-refractivity contribution in [1.29, 1.82) is 0 Å². The standard InChI is InChI=1S/C15H25N3OS/c1-10(13-18-5-7-20-13)8-17-9-15(16)11-4-6-19-12(11)14(15,2)3/h5,7,10-12,17H,4,6,8-9,16H2,1-3H3. The van der Waals surface area contributed by atoms with Gasteiger partial charge < -0.3 is 15.8 Å². The summed E-state index contributed by atoms with van der Waals surface area (Å²) in [5.74, 6) is 0.956. The highest BCUT2D eigenvalue weighted by atomic mass is 32.1. The zero-order valence-corrected chi connectivity index (χ0v) is 13.4. The fourth-order valence-electron chi connectivity index (χ4n) is 3.89. The van der Waals surface area contributed by atoms with Crippen LogP contribution < -0.4 is 11.1 Å². The van der Waals surface area contributed by atoms with Gasteiger partial charge in [0.25, 0.3) is 0 Å². The highest BCUT2D eigenvalue weighted by Crippen LogP contribution is 2.57. The van der Waals surface area contributed by atoms with Gasteiger partial charge >= 0.3 is 0 Å². The monoisotopic (exact) mass is 295 g/mol. The minimum Gasteiger partial charge on any atom is -0.377 e. The third-order valence-corrected chi connectivity index (χ3v) is 6.41. The zero-order valence-electron chi connectivity index (χ0n) is 12.6. The molecule has 1 saturated carbocycles. The van der Waals surface area contributed by atoms with E-state index in [-0.39, 0.29) is 11.0 Å². The molecule has 1 saturated heterocycles. The van der Waals surface area contributed by atoms with Crippen LogP contribution in [0.2, 0.25) is 0 Å². The van der Waals surface area contributed by atoms with Crippen LogP contribution in [0.1, 0.15) is 38.1 Å². The maximum atomic E-state index is 6.72. The Morgan fingerprint density at radius 3 is 3.10 bits per heavy atom. The van der Waals surface area contributed by atoms with Crippen molar-refractivity contribution in [2.24, 2.45) is 17.1 Å². The van der Waals surface area contributed by atoms with Crippen molar-refractivity contribution in [3.05, 3.63) is 16.6 Å². The average Bonchev–Trinajstić information content (AvgIpc) is 3.09. The van der Waals surface area contributed by atoms with Gasteiger partial charge in [-0.05, 0) is 6.42 Å². The normalized spacial score (nSPS) is 36.4. The molecular weight excluding hydrogens is 270 g/mol. The lowest BCUT2D eigenvalue weighted by molar-refractivity contribution is -0.153. The molecule has 0 spiro atoms. The summed E-state index contributed by atoms with van der Waals surface area (Å²) in [7, 11) is 0. The molecule has 0 amide bonds. The number of hydrogen-bond acceptors (Lipinski definition) is 5. The lowest BCUT2D eigenvalue weighted by atomic mass is 9.48. The molecule has 1 aliphatic carbocycles. The number of rotatable bonds is 5. The molecule has 4 unspecified atom stereocenters. The molecule has 0 aromatic carbocycles. The number of nitrogens with two attached hydrogens (primary N) is 1. The lowest BCUT2D eigenvalue weighted by Gasteiger charge is -2.62. The second-order valence-electron chi connectivity index (χ2n) is 6.85. The van der Waals surface area contributed by atoms with Crippen molar-refractivity contribution in [1.82, 2.24) is 10.3 Å². The van der Waals surface area contributed by atoms with E-state index in [0.29, 0.717) is 17.9 Å². The molecule has 1 aliphatic heterocycles. The number of nitrogens with zero attached hydrogens (tertiary/aromatic N) is 1. The van der Waals surface area contributed by atoms with Gasteiger partial charge in [-0.3, -0.25) is 0 Å². The van der Waals surface area contributed by atoms with E-state index >= 15 is 0 Å². The smallest absolute Gasteiger partial charge is 0.0965 e. The summed E-state index contributed by atoms with van der Waals surface area (Å²) in [4.78, 5) is 4.37. The number of fused-ring (bicyclic) bond motifs is 1. The molecule has 20 heavy (non-hydrogen) atoms. The quantitative estimate of drug-likeness (QED) is 0.872. The molecule has 112 valence electrons. The van der Waals surface area contributed by atoms with Crippen molar-refractivity contribution in [3.8, 4) is 0 Å². The highest BCUT2D eigenvalue weighted by Gasteiger charge is 2.67. The van der Waals surface area contributed by atoms with Crippen molar-refractivity contribution in [3.63, 3.8) is 0 Å². The summed E-state index contributed by atoms with van der Waals surface area (Å²) < 4.78 is 5.83. The van der Waals surface area contributed by atoms with Gasteiger partial charge in [-0.25, -0.2) is 4.98 Å². The second-order valence-corrected chi connectivity index (χ2v) is 7.78. The number of ether oxygens (including phenoxy) is 1. The van der Waals surface area contributed by atoms with Crippen molar-refractivity contribution >= 4 is 11.3 Å². The van der Waals surface area contributed by atoms with Crippen LogP contribution in [0.5, 0.6) is 0 Å². The molecule has 0 radical (unpaired) electrons. The van der Waals surface area contributed by atoms with Crippen molar-refractivity contribution in [2.75, 3.05) is 19.7 Å². The Labute approximate surface area is 125 Å². The predicted octanol–water partition coefficient (Wildman–Crippen LogP) is 1.98. The Morgan fingerprint density at radius 2 is 2.40 bits per heavy atom. The van der Waals surface area contributed by atoms with Crippen LogP contribution in [0.15, 0.2) is 11.6 Å². The van der Waals surface area contributed by atoms with Crippen LogP contribution in [0, 0.1) is 11.3 Å². The molecule has 2 heterocycles. The largest absolute Gasteiger partial charge is 0.377 e. The van der Waals surface area contributed by atoms with E-state index < -0.39 is 0 Å². The summed E-state index contributed by atoms with van der Waals surface area (Å²) in [5, 5.41) is 6.80. The maximum absolute atomic E-state index is 6.72. The third kappa shape index (κ3) is 2.03. The van der Waals surface area contributed by atoms with Crippen LogP contribution in [-0.4, -0.2) is 36.3 Å². The van der Waals surface area contributed by atoms with Gasteiger partial charge in [0.2, 0.25) is 0 Å². The lowest BCUT2D eigenvalue weighted by Crippen LogP contribution is -2.78. The summed E-state index contributed by atoms with van der Waals surface area (Å²) in [5.41, 5.74) is 6.63. The van der Waals surface area contributed by atoms with Gasteiger partial charge in [0.05, 0.1) is 11.1 Å². The molecule has 1 aromatic heterocycles. The Morgan fingerprint density at radius 1 is 1.60 bits per heavy atom. The van der Waals surface area contributed by atoms with Gasteiger partial charge in [0, 0.05) is 54.1 Å². The molecule has 3 rings (SSSR count). The fraction of sp³-hybridized carbons (Fsp3) is 0.800. The Balaban J connectivity index is 1.56. The minimum atomic E-state index is -0.142. The molecule has 5 heteroatoms. The van der Waals surface area contributed by atoms with Gasteiger partial charge in [0.1, 0.15) is 0 Å². The molecule has 4 atom stereocenters. The maximum Gasteiger partial charge on any atom is 0.0965 e. The van der Waals surface area contributed by atoms with Crippen LogP contribution in [-0.2, 0) is 4.74 Å². The molecule has 2 aliphatic rings. The van der Waals surface area contributed by atoms with Crippen LogP contribution in [0.3, 0.4) is 0 Å². The average molecular weight is 295 g/mol. The summed E-state index contributed by atoms with van der Waals surface area (Å²) in [6.45, 7) is 9.35. The van der Waals surface area contributed by atoms with Crippen LogP contribution in [0.25, 0.3) is 0 Å². The van der Waals surface area contributed by atoms with Gasteiger partial charge in [-0.15, -0.1) is 11.3 Å². The molecule has 3 N–H and O–H groups in total. The first-order chi connectivity index (χ1) is 9.47. The van der Waals surface area contributed by atoms with Gasteiger partial charge in [0.15, 0.2) is 0 Å². The van der Waals surface area contributed by atoms with E-state index in [1.54, 1.807) is 11.3 Å². The number of hydrogen-bond donors (Lipinski definition) is 2. The van der Waals surface area contributed by atoms with E-state index in [1.165, 1.54) is 5.01 Å². The van der Waals surface area contributed by atoms with Crippen molar-refractivity contribution < 1.29 is 4.74 Å². The van der Waals surface area contributed by atoms with Gasteiger partial charge in [-0.2, -0.15) is 0 Å². The third-order valence-electron chi connectivity index (χ3n) is 5.41. The van der Waals surface area contributed by atoms with Crippen LogP contribution >= 0.6 is 11.3 Å². The van der Waals surface area contributed by atoms with E-state index in [1.807, 2.05) is 11.6 Å². The number of aromatic nitrogens is 1. The Hall–Kier alpha value is -0.490. The SMILES string of the molecule is CC(CNCC1(N)C2CCOC2C1(C)C)c1nccs1. The first-order valence-electron chi connectivity index (χ1n) is 7.47. The topological polar surface area (TPSA) is 60.2 Å². The molecular formula is C15H25N3OS. The van der Waals surface area contributed by atoms with E-state index in [2.05, 4.69) is 31.1 Å². The molecule has 4 nitrogen and oxygen atoms in total. The number of thiazole rings is 1. The second kappa shape index (κ2) is 5.05. The fourth-order valence-corrected chi connectivity index (χ4v) is 4.59. The first-order valence-corrected chi connectivity index (χ1v) is 8.35. The zero-order chi connectivity index (χ0) is 14.4. The summed E-state index contributed by atoms with van der Waals surface area (Å²) >= 11 is 1.72. The molecule has 1 aromatic rings. The molecule has 0 bridgehead atoms. The van der Waals surface area contributed by atoms with E-state index in [0.717, 1.165) is 26.1 Å². The summed E-state index contributed by atoms with van der Waals surface area (Å²) in [6, 6.07) is 0. The Bertz CT molecular complexity index is 462. The first kappa shape index (κ1) is 14.4. The Kier molecular flexibility index (Phi) is 3.65. The van der Waals surface area contributed by atoms with E-state index in [4.69, 9.17) is 10.5 Å².